The quantitative estimate of drug-likeness (QED) is 0.636. The van der Waals surface area contributed by atoms with Crippen LogP contribution < -0.4 is 15.0 Å². The average molecular weight is 494 g/mol. The Morgan fingerprint density at radius 1 is 1.03 bits per heavy atom. The van der Waals surface area contributed by atoms with E-state index in [4.69, 9.17) is 21.1 Å². The van der Waals surface area contributed by atoms with Gasteiger partial charge in [0.15, 0.2) is 6.61 Å². The summed E-state index contributed by atoms with van der Waals surface area (Å²) in [7, 11) is -3.69. The summed E-state index contributed by atoms with van der Waals surface area (Å²) < 4.78 is 38.6. The molecule has 2 saturated heterocycles. The number of amides is 1. The first-order valence-electron chi connectivity index (χ1n) is 11.1. The molecule has 0 radical (unpaired) electrons. The van der Waals surface area contributed by atoms with Gasteiger partial charge in [0.1, 0.15) is 5.75 Å². The van der Waals surface area contributed by atoms with Gasteiger partial charge in [0.2, 0.25) is 10.0 Å². The van der Waals surface area contributed by atoms with E-state index in [1.165, 1.54) is 4.31 Å². The lowest BCUT2D eigenvalue weighted by Crippen LogP contribution is -2.40. The van der Waals surface area contributed by atoms with Crippen LogP contribution in [0.2, 0.25) is 5.02 Å². The minimum atomic E-state index is -3.69. The minimum absolute atomic E-state index is 0.146. The smallest absolute Gasteiger partial charge is 0.262 e. The summed E-state index contributed by atoms with van der Waals surface area (Å²) in [5.74, 6) is 0.0170. The van der Waals surface area contributed by atoms with Crippen molar-refractivity contribution in [3.63, 3.8) is 0 Å². The Kier molecular flexibility index (Phi) is 7.75. The van der Waals surface area contributed by atoms with Gasteiger partial charge in [-0.2, -0.15) is 4.31 Å². The lowest BCUT2D eigenvalue weighted by Gasteiger charge is -2.31. The number of piperidine rings is 1. The maximum absolute atomic E-state index is 13.2. The van der Waals surface area contributed by atoms with E-state index in [9.17, 15) is 13.2 Å². The maximum Gasteiger partial charge on any atom is 0.262 e. The Hall–Kier alpha value is -2.33. The molecule has 10 heteroatoms. The zero-order valence-corrected chi connectivity index (χ0v) is 19.9. The normalized spacial score (nSPS) is 17.5. The van der Waals surface area contributed by atoms with Crippen molar-refractivity contribution in [2.75, 3.05) is 56.2 Å². The fraction of sp³-hybridized carbons (Fsp3) is 0.435. The van der Waals surface area contributed by atoms with Crippen molar-refractivity contribution in [3.8, 4) is 5.75 Å². The number of ether oxygens (including phenoxy) is 2. The second-order valence-electron chi connectivity index (χ2n) is 8.01. The highest BCUT2D eigenvalue weighted by Gasteiger charge is 2.28. The van der Waals surface area contributed by atoms with Gasteiger partial charge in [0.25, 0.3) is 5.91 Å². The number of nitrogens with zero attached hydrogens (tertiary/aromatic N) is 2. The van der Waals surface area contributed by atoms with Crippen molar-refractivity contribution in [2.24, 2.45) is 0 Å². The summed E-state index contributed by atoms with van der Waals surface area (Å²) in [6, 6.07) is 11.9. The van der Waals surface area contributed by atoms with Crippen LogP contribution in [0.15, 0.2) is 47.4 Å². The molecule has 8 nitrogen and oxygen atoms in total. The molecule has 2 aromatic carbocycles. The molecule has 0 aliphatic carbocycles. The molecule has 0 bridgehead atoms. The van der Waals surface area contributed by atoms with Crippen molar-refractivity contribution < 1.29 is 22.7 Å². The molecule has 1 amide bonds. The molecule has 0 unspecified atom stereocenters. The van der Waals surface area contributed by atoms with Crippen LogP contribution in [0.5, 0.6) is 5.75 Å². The lowest BCUT2D eigenvalue weighted by atomic mass is 10.1. The molecule has 2 aromatic rings. The highest BCUT2D eigenvalue weighted by Crippen LogP contribution is 2.32. The van der Waals surface area contributed by atoms with Crippen molar-refractivity contribution in [3.05, 3.63) is 47.5 Å². The predicted molar refractivity (Wildman–Crippen MR) is 128 cm³/mol. The summed E-state index contributed by atoms with van der Waals surface area (Å²) in [5.41, 5.74) is 1.26. The minimum Gasteiger partial charge on any atom is -0.482 e. The largest absolute Gasteiger partial charge is 0.482 e. The van der Waals surface area contributed by atoms with E-state index in [0.717, 1.165) is 38.0 Å². The molecular formula is C23H28ClN3O5S. The van der Waals surface area contributed by atoms with Gasteiger partial charge >= 0.3 is 0 Å². The molecule has 0 atom stereocenters. The van der Waals surface area contributed by atoms with E-state index in [2.05, 4.69) is 10.2 Å². The second-order valence-corrected chi connectivity index (χ2v) is 10.4. The predicted octanol–water partition coefficient (Wildman–Crippen LogP) is 3.37. The molecule has 2 heterocycles. The summed E-state index contributed by atoms with van der Waals surface area (Å²) >= 11 is 6.10. The fourth-order valence-corrected chi connectivity index (χ4v) is 5.64. The summed E-state index contributed by atoms with van der Waals surface area (Å²) in [5, 5.41) is 3.27. The molecule has 4 rings (SSSR count). The topological polar surface area (TPSA) is 88.2 Å². The number of morpholine rings is 1. The van der Waals surface area contributed by atoms with E-state index >= 15 is 0 Å². The standard InChI is InChI=1S/C23H28ClN3O5S/c24-19-6-2-3-7-22(19)32-17-23(28)25-20-16-18(33(29,30)27-12-14-31-15-13-27)8-9-21(20)26-10-4-1-5-11-26/h2-3,6-9,16H,1,4-5,10-15,17H2,(H,25,28). The van der Waals surface area contributed by atoms with Crippen LogP contribution in [0, 0.1) is 0 Å². The number of nitrogens with one attached hydrogen (secondary N) is 1. The van der Waals surface area contributed by atoms with Crippen LogP contribution in [0.4, 0.5) is 11.4 Å². The molecule has 2 aliphatic rings. The summed E-state index contributed by atoms with van der Waals surface area (Å²) in [6.45, 7) is 2.82. The van der Waals surface area contributed by atoms with Gasteiger partial charge in [-0.05, 0) is 49.6 Å². The Balaban J connectivity index is 1.56. The highest BCUT2D eigenvalue weighted by atomic mass is 35.5. The molecular weight excluding hydrogens is 466 g/mol. The SMILES string of the molecule is O=C(COc1ccccc1Cl)Nc1cc(S(=O)(=O)N2CCOCC2)ccc1N1CCCCC1. The number of hydrogen-bond donors (Lipinski definition) is 1. The number of benzene rings is 2. The second kappa shape index (κ2) is 10.7. The number of sulfonamides is 1. The number of hydrogen-bond acceptors (Lipinski definition) is 6. The van der Waals surface area contributed by atoms with Crippen molar-refractivity contribution in [1.82, 2.24) is 4.31 Å². The Morgan fingerprint density at radius 2 is 1.76 bits per heavy atom. The Labute approximate surface area is 199 Å². The fourth-order valence-electron chi connectivity index (χ4n) is 4.01. The van der Waals surface area contributed by atoms with Gasteiger partial charge in [0.05, 0.1) is 34.5 Å². The number of carbonyl (C=O) groups excluding carboxylic acids is 1. The number of halogens is 1. The van der Waals surface area contributed by atoms with E-state index in [1.54, 1.807) is 42.5 Å². The lowest BCUT2D eigenvalue weighted by molar-refractivity contribution is -0.118. The first-order valence-corrected chi connectivity index (χ1v) is 12.9. The molecule has 2 aliphatic heterocycles. The number of rotatable bonds is 7. The van der Waals surface area contributed by atoms with Gasteiger partial charge in [-0.1, -0.05) is 23.7 Å². The molecule has 0 aromatic heterocycles. The molecule has 0 saturated carbocycles. The van der Waals surface area contributed by atoms with Crippen LogP contribution in [-0.4, -0.2) is 64.6 Å². The monoisotopic (exact) mass is 493 g/mol. The van der Waals surface area contributed by atoms with E-state index in [1.807, 2.05) is 0 Å². The third kappa shape index (κ3) is 5.78. The van der Waals surface area contributed by atoms with Gasteiger partial charge < -0.3 is 19.7 Å². The number of anilines is 2. The maximum atomic E-state index is 13.2. The zero-order valence-electron chi connectivity index (χ0n) is 18.3. The van der Waals surface area contributed by atoms with E-state index in [0.29, 0.717) is 42.8 Å². The first kappa shape index (κ1) is 23.8. The Bertz CT molecular complexity index is 1080. The van der Waals surface area contributed by atoms with Gasteiger partial charge in [-0.25, -0.2) is 8.42 Å². The number of carbonyl (C=O) groups is 1. The van der Waals surface area contributed by atoms with Crippen molar-refractivity contribution in [1.29, 1.82) is 0 Å². The van der Waals surface area contributed by atoms with Gasteiger partial charge in [-0.3, -0.25) is 4.79 Å². The molecule has 2 fully saturated rings. The molecule has 178 valence electrons. The summed E-state index contributed by atoms with van der Waals surface area (Å²) in [6.07, 6.45) is 3.26. The third-order valence-corrected chi connectivity index (χ3v) is 7.95. The Morgan fingerprint density at radius 3 is 2.48 bits per heavy atom. The molecule has 0 spiro atoms. The zero-order chi connectivity index (χ0) is 23.3. The first-order chi connectivity index (χ1) is 15.9. The highest BCUT2D eigenvalue weighted by molar-refractivity contribution is 7.89. The van der Waals surface area contributed by atoms with Crippen LogP contribution >= 0.6 is 11.6 Å². The average Bonchev–Trinajstić information content (AvgIpc) is 2.84. The third-order valence-electron chi connectivity index (χ3n) is 5.74. The van der Waals surface area contributed by atoms with Crippen LogP contribution in [0.3, 0.4) is 0 Å². The van der Waals surface area contributed by atoms with E-state index in [-0.39, 0.29) is 11.5 Å². The van der Waals surface area contributed by atoms with Gasteiger partial charge in [0, 0.05) is 26.2 Å². The van der Waals surface area contributed by atoms with E-state index < -0.39 is 15.9 Å². The van der Waals surface area contributed by atoms with Crippen LogP contribution in [0.25, 0.3) is 0 Å². The van der Waals surface area contributed by atoms with Crippen molar-refractivity contribution >= 4 is 38.9 Å². The van der Waals surface area contributed by atoms with Crippen LogP contribution in [-0.2, 0) is 19.6 Å². The van der Waals surface area contributed by atoms with Crippen LogP contribution in [0.1, 0.15) is 19.3 Å². The summed E-state index contributed by atoms with van der Waals surface area (Å²) in [4.78, 5) is 15.0. The number of para-hydroxylation sites is 1. The van der Waals surface area contributed by atoms with Crippen molar-refractivity contribution in [2.45, 2.75) is 24.2 Å². The molecule has 33 heavy (non-hydrogen) atoms. The molecule has 1 N–H and O–H groups in total. The van der Waals surface area contributed by atoms with Gasteiger partial charge in [-0.15, -0.1) is 0 Å².